The number of anilines is 1. The number of hydrogen-bond acceptors (Lipinski definition) is 5. The lowest BCUT2D eigenvalue weighted by Crippen LogP contribution is -2.41. The minimum absolute atomic E-state index is 0.262. The lowest BCUT2D eigenvalue weighted by Gasteiger charge is -2.30. The summed E-state index contributed by atoms with van der Waals surface area (Å²) in [7, 11) is -3.58. The van der Waals surface area contributed by atoms with Crippen LogP contribution in [0.2, 0.25) is 0 Å². The predicted molar refractivity (Wildman–Crippen MR) is 125 cm³/mol. The average Bonchev–Trinajstić information content (AvgIpc) is 3.32. The molecule has 0 N–H and O–H groups in total. The van der Waals surface area contributed by atoms with Crippen molar-refractivity contribution >= 4 is 27.6 Å². The van der Waals surface area contributed by atoms with Gasteiger partial charge in [0.05, 0.1) is 10.8 Å². The van der Waals surface area contributed by atoms with E-state index in [1.54, 1.807) is 17.0 Å². The van der Waals surface area contributed by atoms with Crippen LogP contribution in [0.5, 0.6) is 0 Å². The first-order valence-electron chi connectivity index (χ1n) is 11.5. The van der Waals surface area contributed by atoms with E-state index in [2.05, 4.69) is 0 Å². The van der Waals surface area contributed by atoms with Gasteiger partial charge in [-0.2, -0.15) is 4.31 Å². The van der Waals surface area contributed by atoms with Gasteiger partial charge in [0.25, 0.3) is 5.91 Å². The molecule has 1 aliphatic heterocycles. The first-order valence-corrected chi connectivity index (χ1v) is 13.0. The summed E-state index contributed by atoms with van der Waals surface area (Å²) < 4.78 is 32.9. The Morgan fingerprint density at radius 3 is 2.42 bits per heavy atom. The Hall–Kier alpha value is -2.71. The van der Waals surface area contributed by atoms with Crippen molar-refractivity contribution in [2.75, 3.05) is 31.1 Å². The second kappa shape index (κ2) is 10.1. The molecule has 1 amide bonds. The van der Waals surface area contributed by atoms with Gasteiger partial charge < -0.3 is 9.64 Å². The topological polar surface area (TPSA) is 84.0 Å². The van der Waals surface area contributed by atoms with E-state index in [4.69, 9.17) is 4.74 Å². The Morgan fingerprint density at radius 2 is 1.73 bits per heavy atom. The fraction of sp³-hybridized carbons (Fsp3) is 0.440. The highest BCUT2D eigenvalue weighted by Gasteiger charge is 2.33. The molecule has 8 heteroatoms. The lowest BCUT2D eigenvalue weighted by atomic mass is 9.98. The third-order valence-corrected chi connectivity index (χ3v) is 8.41. The van der Waals surface area contributed by atoms with E-state index < -0.39 is 21.9 Å². The molecule has 2 aromatic rings. The number of esters is 1. The summed E-state index contributed by atoms with van der Waals surface area (Å²) in [5, 5.41) is 0. The maximum atomic E-state index is 13.1. The number of sulfonamides is 1. The SMILES string of the molecule is CCN(C(=O)COC(=O)C1CCN(S(=O)(=O)c2ccc3c(c2)CCC3)CC1)c1ccccc1. The predicted octanol–water partition coefficient (Wildman–Crippen LogP) is 3.17. The number of benzene rings is 2. The van der Waals surface area contributed by atoms with Gasteiger partial charge in [0.1, 0.15) is 0 Å². The standard InChI is InChI=1S/C25H30N2O5S/c1-2-27(22-9-4-3-5-10-22)24(28)18-32-25(29)20-13-15-26(16-14-20)33(30,31)23-12-11-19-7-6-8-21(19)17-23/h3-5,9-12,17,20H,2,6-8,13-16,18H2,1H3. The van der Waals surface area contributed by atoms with Crippen molar-refractivity contribution in [3.05, 3.63) is 59.7 Å². The van der Waals surface area contributed by atoms with Crippen LogP contribution in [0.15, 0.2) is 53.4 Å². The van der Waals surface area contributed by atoms with Gasteiger partial charge in [-0.15, -0.1) is 0 Å². The number of rotatable bonds is 7. The Labute approximate surface area is 195 Å². The molecule has 7 nitrogen and oxygen atoms in total. The maximum absolute atomic E-state index is 13.1. The molecular weight excluding hydrogens is 440 g/mol. The van der Waals surface area contributed by atoms with Gasteiger partial charge in [0.15, 0.2) is 6.61 Å². The molecule has 0 radical (unpaired) electrons. The molecule has 1 heterocycles. The summed E-state index contributed by atoms with van der Waals surface area (Å²) in [6.07, 6.45) is 3.76. The van der Waals surface area contributed by atoms with E-state index >= 15 is 0 Å². The lowest BCUT2D eigenvalue weighted by molar-refractivity contribution is -0.153. The number of nitrogens with zero attached hydrogens (tertiary/aromatic N) is 2. The van der Waals surface area contributed by atoms with Crippen molar-refractivity contribution in [1.29, 1.82) is 0 Å². The largest absolute Gasteiger partial charge is 0.455 e. The second-order valence-electron chi connectivity index (χ2n) is 8.54. The zero-order valence-corrected chi connectivity index (χ0v) is 19.7. The van der Waals surface area contributed by atoms with Crippen molar-refractivity contribution in [3.63, 3.8) is 0 Å². The summed E-state index contributed by atoms with van der Waals surface area (Å²) in [5.41, 5.74) is 3.11. The third kappa shape index (κ3) is 5.12. The Morgan fingerprint density at radius 1 is 1.03 bits per heavy atom. The average molecular weight is 471 g/mol. The molecule has 33 heavy (non-hydrogen) atoms. The highest BCUT2D eigenvalue weighted by molar-refractivity contribution is 7.89. The summed E-state index contributed by atoms with van der Waals surface area (Å²) in [5.74, 6) is -1.13. The number of aryl methyl sites for hydroxylation is 2. The van der Waals surface area contributed by atoms with Gasteiger partial charge in [-0.3, -0.25) is 9.59 Å². The molecule has 1 aliphatic carbocycles. The highest BCUT2D eigenvalue weighted by Crippen LogP contribution is 2.29. The number of piperidine rings is 1. The molecule has 0 atom stereocenters. The van der Waals surface area contributed by atoms with Gasteiger partial charge >= 0.3 is 5.97 Å². The summed E-state index contributed by atoms with van der Waals surface area (Å²) >= 11 is 0. The number of fused-ring (bicyclic) bond motifs is 1. The van der Waals surface area contributed by atoms with Crippen molar-refractivity contribution < 1.29 is 22.7 Å². The van der Waals surface area contributed by atoms with Crippen molar-refractivity contribution in [1.82, 2.24) is 4.31 Å². The Kier molecular flexibility index (Phi) is 7.14. The van der Waals surface area contributed by atoms with Crippen LogP contribution in [0.25, 0.3) is 0 Å². The van der Waals surface area contributed by atoms with Crippen LogP contribution in [0.3, 0.4) is 0 Å². The number of carbonyl (C=O) groups excluding carboxylic acids is 2. The van der Waals surface area contributed by atoms with E-state index in [0.29, 0.717) is 24.3 Å². The number of amides is 1. The molecule has 2 aliphatic rings. The number of para-hydroxylation sites is 1. The Bertz CT molecular complexity index is 1110. The molecule has 4 rings (SSSR count). The van der Waals surface area contributed by atoms with E-state index in [1.807, 2.05) is 43.3 Å². The second-order valence-corrected chi connectivity index (χ2v) is 10.5. The summed E-state index contributed by atoms with van der Waals surface area (Å²) in [4.78, 5) is 27.0. The fourth-order valence-electron chi connectivity index (χ4n) is 4.63. The van der Waals surface area contributed by atoms with Crippen LogP contribution in [0.1, 0.15) is 37.3 Å². The van der Waals surface area contributed by atoms with E-state index in [0.717, 1.165) is 30.5 Å². The van der Waals surface area contributed by atoms with E-state index in [-0.39, 0.29) is 25.6 Å². The van der Waals surface area contributed by atoms with Crippen LogP contribution < -0.4 is 4.90 Å². The highest BCUT2D eigenvalue weighted by atomic mass is 32.2. The van der Waals surface area contributed by atoms with Crippen LogP contribution in [-0.4, -0.2) is 50.8 Å². The number of hydrogen-bond donors (Lipinski definition) is 0. The Balaban J connectivity index is 1.30. The minimum atomic E-state index is -3.58. The van der Waals surface area contributed by atoms with Crippen LogP contribution in [0.4, 0.5) is 5.69 Å². The van der Waals surface area contributed by atoms with Gasteiger partial charge in [-0.25, -0.2) is 8.42 Å². The molecule has 1 saturated heterocycles. The maximum Gasteiger partial charge on any atom is 0.309 e. The first kappa shape index (κ1) is 23.4. The summed E-state index contributed by atoms with van der Waals surface area (Å²) in [6.45, 7) is 2.54. The normalized spacial score (nSPS) is 16.9. The minimum Gasteiger partial charge on any atom is -0.455 e. The van der Waals surface area contributed by atoms with Gasteiger partial charge in [-0.1, -0.05) is 24.3 Å². The van der Waals surface area contributed by atoms with Crippen LogP contribution in [0, 0.1) is 5.92 Å². The number of ether oxygens (including phenoxy) is 1. The third-order valence-electron chi connectivity index (χ3n) is 6.52. The van der Waals surface area contributed by atoms with Crippen molar-refractivity contribution in [2.45, 2.75) is 43.9 Å². The van der Waals surface area contributed by atoms with Gasteiger partial charge in [-0.05, 0) is 74.4 Å². The molecule has 1 fully saturated rings. The zero-order valence-electron chi connectivity index (χ0n) is 18.9. The molecular formula is C25H30N2O5S. The molecule has 0 saturated carbocycles. The zero-order chi connectivity index (χ0) is 23.4. The smallest absolute Gasteiger partial charge is 0.309 e. The van der Waals surface area contributed by atoms with Crippen LogP contribution in [-0.2, 0) is 37.2 Å². The van der Waals surface area contributed by atoms with Crippen molar-refractivity contribution in [3.8, 4) is 0 Å². The molecule has 0 spiro atoms. The van der Waals surface area contributed by atoms with E-state index in [1.165, 1.54) is 9.87 Å². The first-order chi connectivity index (χ1) is 15.9. The molecule has 0 unspecified atom stereocenters. The quantitative estimate of drug-likeness (QED) is 0.581. The van der Waals surface area contributed by atoms with Gasteiger partial charge in [0.2, 0.25) is 10.0 Å². The molecule has 0 aromatic heterocycles. The van der Waals surface area contributed by atoms with Crippen molar-refractivity contribution in [2.24, 2.45) is 5.92 Å². The molecule has 176 valence electrons. The van der Waals surface area contributed by atoms with Crippen LogP contribution >= 0.6 is 0 Å². The van der Waals surface area contributed by atoms with Gasteiger partial charge in [0, 0.05) is 25.3 Å². The monoisotopic (exact) mass is 470 g/mol. The van der Waals surface area contributed by atoms with E-state index in [9.17, 15) is 18.0 Å². The molecule has 0 bridgehead atoms. The number of carbonyl (C=O) groups is 2. The number of likely N-dealkylation sites (N-methyl/N-ethyl adjacent to an activating group) is 1. The molecule has 2 aromatic carbocycles. The summed E-state index contributed by atoms with van der Waals surface area (Å²) in [6, 6.07) is 14.7. The fourth-order valence-corrected chi connectivity index (χ4v) is 6.15.